The molecule has 1 N–H and O–H groups in total. The summed E-state index contributed by atoms with van der Waals surface area (Å²) in [6.45, 7) is 1.01. The maximum Gasteiger partial charge on any atom is 0.328 e. The molecule has 0 saturated carbocycles. The number of ether oxygens (including phenoxy) is 2. The fourth-order valence-electron chi connectivity index (χ4n) is 2.25. The van der Waals surface area contributed by atoms with Crippen molar-refractivity contribution in [2.75, 3.05) is 20.3 Å². The van der Waals surface area contributed by atoms with Gasteiger partial charge in [0.15, 0.2) is 0 Å². The average molecular weight is 403 g/mol. The van der Waals surface area contributed by atoms with E-state index in [2.05, 4.69) is 27.9 Å². The lowest BCUT2D eigenvalue weighted by Gasteiger charge is -2.19. The fourth-order valence-corrected chi connectivity index (χ4v) is 2.86. The second-order valence-corrected chi connectivity index (χ2v) is 6.10. The van der Waals surface area contributed by atoms with Crippen LogP contribution in [0.25, 0.3) is 0 Å². The third kappa shape index (κ3) is 4.41. The molecule has 0 aliphatic carbocycles. The molecule has 21 heavy (non-hydrogen) atoms. The molecule has 2 rings (SSSR count). The van der Waals surface area contributed by atoms with Crippen LogP contribution in [0.3, 0.4) is 0 Å². The summed E-state index contributed by atoms with van der Waals surface area (Å²) in [5.41, 5.74) is 1.01. The number of hydrogen-bond donors (Lipinski definition) is 1. The van der Waals surface area contributed by atoms with Crippen molar-refractivity contribution in [3.05, 3.63) is 33.4 Å². The Morgan fingerprint density at radius 2 is 2.24 bits per heavy atom. The largest absolute Gasteiger partial charge is 0.467 e. The molecule has 1 aromatic rings. The molecule has 0 spiro atoms. The van der Waals surface area contributed by atoms with E-state index >= 15 is 0 Å². The van der Waals surface area contributed by atoms with Crippen LogP contribution in [0.5, 0.6) is 0 Å². The molecule has 114 valence electrons. The number of esters is 1. The molecule has 1 amide bonds. The third-order valence-corrected chi connectivity index (χ3v) is 4.54. The van der Waals surface area contributed by atoms with Crippen LogP contribution in [0, 0.1) is 9.49 Å². The molecule has 5 nitrogen and oxygen atoms in total. The summed E-state index contributed by atoms with van der Waals surface area (Å²) >= 11 is 2.22. The molecule has 6 heteroatoms. The van der Waals surface area contributed by atoms with Crippen molar-refractivity contribution in [2.24, 2.45) is 5.92 Å². The first-order valence-corrected chi connectivity index (χ1v) is 7.89. The molecule has 1 aliphatic rings. The molecule has 1 aromatic carbocycles. The zero-order valence-electron chi connectivity index (χ0n) is 11.8. The van der Waals surface area contributed by atoms with Crippen LogP contribution in [-0.2, 0) is 25.5 Å². The van der Waals surface area contributed by atoms with Crippen LogP contribution in [0.4, 0.5) is 0 Å². The van der Waals surface area contributed by atoms with Crippen LogP contribution in [0.1, 0.15) is 12.0 Å². The number of rotatable bonds is 5. The van der Waals surface area contributed by atoms with E-state index in [0.717, 1.165) is 9.13 Å². The van der Waals surface area contributed by atoms with Gasteiger partial charge < -0.3 is 14.8 Å². The van der Waals surface area contributed by atoms with E-state index in [1.54, 1.807) is 0 Å². The molecular weight excluding hydrogens is 385 g/mol. The van der Waals surface area contributed by atoms with Gasteiger partial charge >= 0.3 is 5.97 Å². The highest BCUT2D eigenvalue weighted by molar-refractivity contribution is 14.1. The minimum absolute atomic E-state index is 0.145. The van der Waals surface area contributed by atoms with Crippen LogP contribution in [0.2, 0.25) is 0 Å². The Bertz CT molecular complexity index is 514. The summed E-state index contributed by atoms with van der Waals surface area (Å²) in [6, 6.07) is 7.10. The van der Waals surface area contributed by atoms with Crippen molar-refractivity contribution < 1.29 is 19.1 Å². The SMILES string of the molecule is COC(=O)[C@H](Cc1ccccc1I)NC(=O)[C@H]1CCOC1. The van der Waals surface area contributed by atoms with Crippen LogP contribution >= 0.6 is 22.6 Å². The van der Waals surface area contributed by atoms with E-state index in [4.69, 9.17) is 9.47 Å². The number of carbonyl (C=O) groups is 2. The highest BCUT2D eigenvalue weighted by Gasteiger charge is 2.29. The highest BCUT2D eigenvalue weighted by atomic mass is 127. The number of nitrogens with one attached hydrogen (secondary N) is 1. The predicted molar refractivity (Wildman–Crippen MR) is 85.7 cm³/mol. The summed E-state index contributed by atoms with van der Waals surface area (Å²) in [5.74, 6) is -0.747. The van der Waals surface area contributed by atoms with Gasteiger partial charge in [-0.25, -0.2) is 4.79 Å². The van der Waals surface area contributed by atoms with Crippen LogP contribution in [0.15, 0.2) is 24.3 Å². The Morgan fingerprint density at radius 3 is 2.86 bits per heavy atom. The Hall–Kier alpha value is -1.15. The first-order valence-electron chi connectivity index (χ1n) is 6.81. The van der Waals surface area contributed by atoms with Crippen molar-refractivity contribution in [1.29, 1.82) is 0 Å². The van der Waals surface area contributed by atoms with E-state index in [1.807, 2.05) is 24.3 Å². The minimum Gasteiger partial charge on any atom is -0.467 e. The highest BCUT2D eigenvalue weighted by Crippen LogP contribution is 2.16. The van der Waals surface area contributed by atoms with Crippen LogP contribution in [-0.4, -0.2) is 38.2 Å². The molecule has 1 saturated heterocycles. The first-order chi connectivity index (χ1) is 10.1. The molecule has 0 unspecified atom stereocenters. The zero-order valence-corrected chi connectivity index (χ0v) is 14.0. The van der Waals surface area contributed by atoms with Crippen LogP contribution < -0.4 is 5.32 Å². The summed E-state index contributed by atoms with van der Waals surface area (Å²) in [5, 5.41) is 2.79. The zero-order chi connectivity index (χ0) is 15.2. The molecule has 2 atom stereocenters. The summed E-state index contributed by atoms with van der Waals surface area (Å²) < 4.78 is 11.1. The van der Waals surface area contributed by atoms with Gasteiger partial charge in [-0.2, -0.15) is 0 Å². The lowest BCUT2D eigenvalue weighted by atomic mass is 10.0. The first kappa shape index (κ1) is 16.2. The Labute approximate surface area is 137 Å². The van der Waals surface area contributed by atoms with Gasteiger partial charge in [0, 0.05) is 16.6 Å². The van der Waals surface area contributed by atoms with Gasteiger partial charge in [0.2, 0.25) is 5.91 Å². The maximum absolute atomic E-state index is 12.2. The van der Waals surface area contributed by atoms with E-state index in [1.165, 1.54) is 7.11 Å². The smallest absolute Gasteiger partial charge is 0.328 e. The van der Waals surface area contributed by atoms with Crippen molar-refractivity contribution >= 4 is 34.5 Å². The number of hydrogen-bond acceptors (Lipinski definition) is 4. The summed E-state index contributed by atoms with van der Waals surface area (Å²) in [4.78, 5) is 24.1. The second kappa shape index (κ2) is 7.74. The van der Waals surface area contributed by atoms with E-state index < -0.39 is 12.0 Å². The van der Waals surface area contributed by atoms with Gasteiger partial charge in [-0.15, -0.1) is 0 Å². The molecule has 0 aromatic heterocycles. The quantitative estimate of drug-likeness (QED) is 0.599. The fraction of sp³-hybridized carbons (Fsp3) is 0.467. The van der Waals surface area contributed by atoms with E-state index in [9.17, 15) is 9.59 Å². The van der Waals surface area contributed by atoms with Crippen molar-refractivity contribution in [2.45, 2.75) is 18.9 Å². The summed E-state index contributed by atoms with van der Waals surface area (Å²) in [6.07, 6.45) is 1.12. The normalized spacial score (nSPS) is 19.0. The molecule has 1 aliphatic heterocycles. The van der Waals surface area contributed by atoms with Gasteiger partial charge in [-0.1, -0.05) is 18.2 Å². The van der Waals surface area contributed by atoms with E-state index in [0.29, 0.717) is 26.1 Å². The minimum atomic E-state index is -0.668. The van der Waals surface area contributed by atoms with Crippen molar-refractivity contribution in [3.8, 4) is 0 Å². The van der Waals surface area contributed by atoms with Gasteiger partial charge in [-0.05, 0) is 40.6 Å². The Morgan fingerprint density at radius 1 is 1.48 bits per heavy atom. The summed E-state index contributed by atoms with van der Waals surface area (Å²) in [7, 11) is 1.33. The molecular formula is C15H18INO4. The Balaban J connectivity index is 2.06. The Kier molecular flexibility index (Phi) is 5.98. The van der Waals surface area contributed by atoms with E-state index in [-0.39, 0.29) is 11.8 Å². The molecule has 0 bridgehead atoms. The lowest BCUT2D eigenvalue weighted by molar-refractivity contribution is -0.145. The molecule has 1 fully saturated rings. The number of benzene rings is 1. The van der Waals surface area contributed by atoms with Crippen molar-refractivity contribution in [3.63, 3.8) is 0 Å². The number of halogens is 1. The monoisotopic (exact) mass is 403 g/mol. The van der Waals surface area contributed by atoms with Crippen molar-refractivity contribution in [1.82, 2.24) is 5.32 Å². The number of carbonyl (C=O) groups excluding carboxylic acids is 2. The maximum atomic E-state index is 12.2. The van der Waals surface area contributed by atoms with Gasteiger partial charge in [0.25, 0.3) is 0 Å². The number of methoxy groups -OCH3 is 1. The van der Waals surface area contributed by atoms with Gasteiger partial charge in [0.05, 0.1) is 19.6 Å². The van der Waals surface area contributed by atoms with Gasteiger partial charge in [-0.3, -0.25) is 4.79 Å². The second-order valence-electron chi connectivity index (χ2n) is 4.94. The molecule has 1 heterocycles. The van der Waals surface area contributed by atoms with Gasteiger partial charge in [0.1, 0.15) is 6.04 Å². The number of amides is 1. The lowest BCUT2D eigenvalue weighted by Crippen LogP contribution is -2.45. The molecule has 0 radical (unpaired) electrons. The third-order valence-electron chi connectivity index (χ3n) is 3.48. The average Bonchev–Trinajstić information content (AvgIpc) is 3.02. The topological polar surface area (TPSA) is 64.6 Å². The predicted octanol–water partition coefficient (Wildman–Crippen LogP) is 1.53. The standard InChI is InChI=1S/C15H18INO4/c1-20-15(19)13(8-10-4-2-3-5-12(10)16)17-14(18)11-6-7-21-9-11/h2-5,11,13H,6-9H2,1H3,(H,17,18)/t11-,13-/m0/s1.